The van der Waals surface area contributed by atoms with Crippen LogP contribution in [0.4, 0.5) is 5.69 Å². The van der Waals surface area contributed by atoms with Crippen molar-refractivity contribution in [3.05, 3.63) is 88.4 Å². The zero-order valence-corrected chi connectivity index (χ0v) is 19.6. The summed E-state index contributed by atoms with van der Waals surface area (Å²) in [7, 11) is -2.65. The first-order chi connectivity index (χ1) is 15.2. The second-order valence-corrected chi connectivity index (χ2v) is 9.59. The number of amides is 1. The molecule has 0 unspecified atom stereocenters. The number of hydrogen-bond donors (Lipinski definition) is 2. The fourth-order valence-corrected chi connectivity index (χ4v) is 4.95. The molecule has 2 N–H and O–H groups in total. The van der Waals surface area contributed by atoms with Gasteiger partial charge in [-0.15, -0.1) is 0 Å². The van der Waals surface area contributed by atoms with Gasteiger partial charge in [0, 0.05) is 10.7 Å². The van der Waals surface area contributed by atoms with E-state index >= 15 is 0 Å². The molecule has 3 aromatic rings. The van der Waals surface area contributed by atoms with Crippen LogP contribution in [0.15, 0.2) is 71.6 Å². The molecule has 0 aliphatic rings. The van der Waals surface area contributed by atoms with Crippen molar-refractivity contribution in [3.63, 3.8) is 0 Å². The Balaban J connectivity index is 1.93. The first kappa shape index (κ1) is 23.8. The van der Waals surface area contributed by atoms with Crippen LogP contribution < -0.4 is 14.8 Å². The number of ether oxygens (including phenoxy) is 1. The molecule has 8 heteroatoms. The van der Waals surface area contributed by atoms with E-state index in [1.165, 1.54) is 13.2 Å². The van der Waals surface area contributed by atoms with Crippen molar-refractivity contribution in [1.82, 2.24) is 4.72 Å². The molecule has 0 aromatic heterocycles. The second-order valence-electron chi connectivity index (χ2n) is 7.47. The topological polar surface area (TPSA) is 84.5 Å². The highest BCUT2D eigenvalue weighted by Gasteiger charge is 2.28. The molecule has 168 valence electrons. The molecule has 0 radical (unpaired) electrons. The smallest absolute Gasteiger partial charge is 0.245 e. The molecule has 0 saturated carbocycles. The van der Waals surface area contributed by atoms with Gasteiger partial charge in [-0.1, -0.05) is 48.0 Å². The average Bonchev–Trinajstić information content (AvgIpc) is 2.75. The Bertz CT molecular complexity index is 1210. The molecule has 0 fully saturated rings. The van der Waals surface area contributed by atoms with Crippen LogP contribution in [0, 0.1) is 13.8 Å². The molecule has 0 spiro atoms. The number of anilines is 1. The molecule has 0 saturated heterocycles. The number of rotatable bonds is 8. The Labute approximate surface area is 193 Å². The number of carbonyl (C=O) groups is 1. The minimum Gasteiger partial charge on any atom is -0.495 e. The first-order valence-electron chi connectivity index (χ1n) is 9.97. The standard InChI is InChI=1S/C24H25ClN2O4S/c1-16-9-12-22(31-3)23(13-16)32(29,30)27-21(15-18-7-5-4-6-8-18)24(28)26-20-11-10-19(25)14-17(20)2/h4-14,21,27H,15H2,1-3H3,(H,26,28)/t21-/m0/s1. The van der Waals surface area contributed by atoms with Crippen molar-refractivity contribution in [2.45, 2.75) is 31.2 Å². The Kier molecular flexibility index (Phi) is 7.56. The predicted molar refractivity (Wildman–Crippen MR) is 127 cm³/mol. The van der Waals surface area contributed by atoms with Crippen LogP contribution in [0.1, 0.15) is 16.7 Å². The van der Waals surface area contributed by atoms with E-state index in [2.05, 4.69) is 10.0 Å². The molecule has 0 bridgehead atoms. The molecule has 1 amide bonds. The Morgan fingerprint density at radius 3 is 2.41 bits per heavy atom. The van der Waals surface area contributed by atoms with Gasteiger partial charge in [0.1, 0.15) is 16.7 Å². The number of aryl methyl sites for hydroxylation is 2. The van der Waals surface area contributed by atoms with E-state index in [4.69, 9.17) is 16.3 Å². The van der Waals surface area contributed by atoms with Gasteiger partial charge in [-0.3, -0.25) is 4.79 Å². The average molecular weight is 473 g/mol. The maximum Gasteiger partial charge on any atom is 0.245 e. The highest BCUT2D eigenvalue weighted by Crippen LogP contribution is 2.25. The molecule has 3 rings (SSSR count). The van der Waals surface area contributed by atoms with Gasteiger partial charge in [-0.2, -0.15) is 4.72 Å². The molecule has 3 aromatic carbocycles. The second kappa shape index (κ2) is 10.2. The van der Waals surface area contributed by atoms with Crippen LogP contribution in [0.5, 0.6) is 5.75 Å². The fourth-order valence-electron chi connectivity index (χ4n) is 3.27. The normalized spacial score (nSPS) is 12.2. The quantitative estimate of drug-likeness (QED) is 0.505. The monoisotopic (exact) mass is 472 g/mol. The van der Waals surface area contributed by atoms with Crippen molar-refractivity contribution in [2.24, 2.45) is 0 Å². The zero-order valence-electron chi connectivity index (χ0n) is 18.1. The van der Waals surface area contributed by atoms with Gasteiger partial charge in [0.15, 0.2) is 0 Å². The highest BCUT2D eigenvalue weighted by molar-refractivity contribution is 7.89. The summed E-state index contributed by atoms with van der Waals surface area (Å²) in [6.45, 7) is 3.60. The summed E-state index contributed by atoms with van der Waals surface area (Å²) in [5, 5.41) is 3.37. The van der Waals surface area contributed by atoms with Crippen molar-refractivity contribution in [3.8, 4) is 5.75 Å². The lowest BCUT2D eigenvalue weighted by Crippen LogP contribution is -2.45. The number of methoxy groups -OCH3 is 1. The number of nitrogens with one attached hydrogen (secondary N) is 2. The minimum atomic E-state index is -4.06. The molecular formula is C24H25ClN2O4S. The Morgan fingerprint density at radius 1 is 1.03 bits per heavy atom. The number of sulfonamides is 1. The molecule has 1 atom stereocenters. The van der Waals surface area contributed by atoms with E-state index in [1.54, 1.807) is 37.3 Å². The Hall–Kier alpha value is -2.87. The molecule has 0 aliphatic carbocycles. The SMILES string of the molecule is COc1ccc(C)cc1S(=O)(=O)N[C@@H](Cc1ccccc1)C(=O)Nc1ccc(Cl)cc1C. The van der Waals surface area contributed by atoms with Gasteiger partial charge in [0.05, 0.1) is 7.11 Å². The summed E-state index contributed by atoms with van der Waals surface area (Å²) < 4.78 is 34.3. The van der Waals surface area contributed by atoms with E-state index in [0.29, 0.717) is 10.7 Å². The number of benzene rings is 3. The third kappa shape index (κ3) is 5.88. The van der Waals surface area contributed by atoms with Gasteiger partial charge in [0.2, 0.25) is 15.9 Å². The fraction of sp³-hybridized carbons (Fsp3) is 0.208. The summed E-state index contributed by atoms with van der Waals surface area (Å²) in [5.74, 6) is -0.273. The van der Waals surface area contributed by atoms with Crippen molar-refractivity contribution < 1.29 is 17.9 Å². The van der Waals surface area contributed by atoms with E-state index in [-0.39, 0.29) is 17.1 Å². The van der Waals surface area contributed by atoms with Crippen LogP contribution in [-0.4, -0.2) is 27.5 Å². The summed E-state index contributed by atoms with van der Waals surface area (Å²) >= 11 is 6.00. The number of carbonyl (C=O) groups excluding carboxylic acids is 1. The lowest BCUT2D eigenvalue weighted by molar-refractivity contribution is -0.117. The van der Waals surface area contributed by atoms with Gasteiger partial charge in [-0.05, 0) is 67.3 Å². The van der Waals surface area contributed by atoms with E-state index < -0.39 is 22.0 Å². The largest absolute Gasteiger partial charge is 0.495 e. The molecule has 6 nitrogen and oxygen atoms in total. The lowest BCUT2D eigenvalue weighted by atomic mass is 10.1. The van der Waals surface area contributed by atoms with Crippen molar-refractivity contribution in [1.29, 1.82) is 0 Å². The zero-order chi connectivity index (χ0) is 23.3. The lowest BCUT2D eigenvalue weighted by Gasteiger charge is -2.20. The van der Waals surface area contributed by atoms with Crippen LogP contribution >= 0.6 is 11.6 Å². The summed E-state index contributed by atoms with van der Waals surface area (Å²) in [4.78, 5) is 13.2. The summed E-state index contributed by atoms with van der Waals surface area (Å²) in [5.41, 5.74) is 2.91. The Morgan fingerprint density at radius 2 is 1.75 bits per heavy atom. The van der Waals surface area contributed by atoms with Crippen LogP contribution in [0.3, 0.4) is 0 Å². The van der Waals surface area contributed by atoms with Gasteiger partial charge in [-0.25, -0.2) is 8.42 Å². The summed E-state index contributed by atoms with van der Waals surface area (Å²) in [6.07, 6.45) is 0.173. The van der Waals surface area contributed by atoms with E-state index in [0.717, 1.165) is 16.7 Å². The van der Waals surface area contributed by atoms with Crippen molar-refractivity contribution in [2.75, 3.05) is 12.4 Å². The highest BCUT2D eigenvalue weighted by atomic mass is 35.5. The van der Waals surface area contributed by atoms with Gasteiger partial charge >= 0.3 is 0 Å². The third-order valence-electron chi connectivity index (χ3n) is 4.95. The van der Waals surface area contributed by atoms with E-state index in [1.807, 2.05) is 37.3 Å². The van der Waals surface area contributed by atoms with Gasteiger partial charge in [0.25, 0.3) is 0 Å². The molecule has 0 heterocycles. The van der Waals surface area contributed by atoms with Crippen LogP contribution in [0.25, 0.3) is 0 Å². The van der Waals surface area contributed by atoms with Crippen molar-refractivity contribution >= 4 is 33.2 Å². The third-order valence-corrected chi connectivity index (χ3v) is 6.68. The van der Waals surface area contributed by atoms with Crippen LogP contribution in [0.2, 0.25) is 5.02 Å². The summed E-state index contributed by atoms with van der Waals surface area (Å²) in [6, 6.07) is 18.1. The van der Waals surface area contributed by atoms with E-state index in [9.17, 15) is 13.2 Å². The number of halogens is 1. The van der Waals surface area contributed by atoms with Crippen LogP contribution in [-0.2, 0) is 21.2 Å². The minimum absolute atomic E-state index is 0.0199. The number of hydrogen-bond acceptors (Lipinski definition) is 4. The molecule has 32 heavy (non-hydrogen) atoms. The predicted octanol–water partition coefficient (Wildman–Crippen LogP) is 4.49. The maximum absolute atomic E-state index is 13.2. The maximum atomic E-state index is 13.2. The first-order valence-corrected chi connectivity index (χ1v) is 11.8. The molecule has 0 aliphatic heterocycles. The van der Waals surface area contributed by atoms with Gasteiger partial charge < -0.3 is 10.1 Å². The molecular weight excluding hydrogens is 448 g/mol.